The predicted molar refractivity (Wildman–Crippen MR) is 110 cm³/mol. The molecule has 1 heterocycles. The standard InChI is InChI=1S/C21H26N4O3/c1-22-21(23-14-15-5-7-16(8-6-15)20(26)25(2)3)24-17-9-10-18-19(13-17)28-12-4-11-27-18/h5-10,13H,4,11-12,14H2,1-3H3,(H2,22,23,24). The van der Waals surface area contributed by atoms with Crippen LogP contribution in [0.2, 0.25) is 0 Å². The van der Waals surface area contributed by atoms with Gasteiger partial charge in [0.2, 0.25) is 0 Å². The molecule has 3 rings (SSSR count). The van der Waals surface area contributed by atoms with Crippen LogP contribution in [0.3, 0.4) is 0 Å². The third-order valence-electron chi connectivity index (χ3n) is 4.30. The first-order valence-electron chi connectivity index (χ1n) is 9.25. The third-order valence-corrected chi connectivity index (χ3v) is 4.30. The number of rotatable bonds is 4. The van der Waals surface area contributed by atoms with E-state index >= 15 is 0 Å². The van der Waals surface area contributed by atoms with Gasteiger partial charge < -0.3 is 25.0 Å². The van der Waals surface area contributed by atoms with Crippen molar-refractivity contribution < 1.29 is 14.3 Å². The molecule has 1 aliphatic heterocycles. The smallest absolute Gasteiger partial charge is 0.253 e. The molecule has 0 radical (unpaired) electrons. The SMILES string of the molecule is CN=C(NCc1ccc(C(=O)N(C)C)cc1)Nc1ccc2c(c1)OCCCO2. The van der Waals surface area contributed by atoms with Gasteiger partial charge in [0.15, 0.2) is 17.5 Å². The van der Waals surface area contributed by atoms with Crippen LogP contribution in [0.25, 0.3) is 0 Å². The molecule has 0 aliphatic carbocycles. The number of nitrogens with one attached hydrogen (secondary N) is 2. The molecule has 2 aromatic carbocycles. The molecule has 0 spiro atoms. The zero-order valence-electron chi connectivity index (χ0n) is 16.5. The van der Waals surface area contributed by atoms with Crippen molar-refractivity contribution in [2.24, 2.45) is 4.99 Å². The lowest BCUT2D eigenvalue weighted by Crippen LogP contribution is -2.30. The van der Waals surface area contributed by atoms with Crippen LogP contribution in [0.15, 0.2) is 47.5 Å². The van der Waals surface area contributed by atoms with E-state index in [1.54, 1.807) is 26.0 Å². The van der Waals surface area contributed by atoms with E-state index in [-0.39, 0.29) is 5.91 Å². The molecule has 7 heteroatoms. The van der Waals surface area contributed by atoms with Crippen molar-refractivity contribution in [2.45, 2.75) is 13.0 Å². The number of fused-ring (bicyclic) bond motifs is 1. The van der Waals surface area contributed by atoms with E-state index in [0.717, 1.165) is 29.2 Å². The zero-order valence-corrected chi connectivity index (χ0v) is 16.5. The first kappa shape index (κ1) is 19.5. The van der Waals surface area contributed by atoms with Crippen LogP contribution >= 0.6 is 0 Å². The Kier molecular flexibility index (Phi) is 6.37. The summed E-state index contributed by atoms with van der Waals surface area (Å²) in [6.07, 6.45) is 0.875. The van der Waals surface area contributed by atoms with Gasteiger partial charge in [-0.1, -0.05) is 12.1 Å². The summed E-state index contributed by atoms with van der Waals surface area (Å²) in [6.45, 7) is 1.90. The van der Waals surface area contributed by atoms with Gasteiger partial charge in [-0.3, -0.25) is 9.79 Å². The van der Waals surface area contributed by atoms with Crippen molar-refractivity contribution in [2.75, 3.05) is 39.7 Å². The predicted octanol–water partition coefficient (Wildman–Crippen LogP) is 2.74. The minimum atomic E-state index is -0.00797. The molecule has 0 saturated carbocycles. The number of ether oxygens (including phenoxy) is 2. The molecule has 0 aromatic heterocycles. The summed E-state index contributed by atoms with van der Waals surface area (Å²) >= 11 is 0. The minimum Gasteiger partial charge on any atom is -0.490 e. The van der Waals surface area contributed by atoms with Crippen molar-refractivity contribution >= 4 is 17.6 Å². The molecule has 7 nitrogen and oxygen atoms in total. The van der Waals surface area contributed by atoms with Gasteiger partial charge in [-0.15, -0.1) is 0 Å². The Morgan fingerprint density at radius 3 is 2.46 bits per heavy atom. The summed E-state index contributed by atoms with van der Waals surface area (Å²) in [5.74, 6) is 2.13. The maximum absolute atomic E-state index is 12.0. The second-order valence-electron chi connectivity index (χ2n) is 6.66. The minimum absolute atomic E-state index is 0.00797. The van der Waals surface area contributed by atoms with Crippen molar-refractivity contribution in [1.29, 1.82) is 0 Å². The fourth-order valence-electron chi connectivity index (χ4n) is 2.77. The van der Waals surface area contributed by atoms with Gasteiger partial charge in [-0.2, -0.15) is 0 Å². The molecule has 0 saturated heterocycles. The third kappa shape index (κ3) is 4.94. The summed E-state index contributed by atoms with van der Waals surface area (Å²) in [5.41, 5.74) is 2.59. The van der Waals surface area contributed by atoms with Crippen LogP contribution in [0.1, 0.15) is 22.3 Å². The number of carbonyl (C=O) groups is 1. The highest BCUT2D eigenvalue weighted by atomic mass is 16.5. The average molecular weight is 382 g/mol. The van der Waals surface area contributed by atoms with Crippen molar-refractivity contribution in [3.63, 3.8) is 0 Å². The number of hydrogen-bond acceptors (Lipinski definition) is 4. The monoisotopic (exact) mass is 382 g/mol. The molecule has 0 unspecified atom stereocenters. The Morgan fingerprint density at radius 2 is 1.79 bits per heavy atom. The molecule has 0 atom stereocenters. The van der Waals surface area contributed by atoms with E-state index in [0.29, 0.717) is 31.3 Å². The molecule has 1 aliphatic rings. The van der Waals surface area contributed by atoms with Crippen LogP contribution < -0.4 is 20.1 Å². The second-order valence-corrected chi connectivity index (χ2v) is 6.66. The first-order chi connectivity index (χ1) is 13.6. The van der Waals surface area contributed by atoms with E-state index in [1.807, 2.05) is 42.5 Å². The maximum Gasteiger partial charge on any atom is 0.253 e. The van der Waals surface area contributed by atoms with Gasteiger partial charge in [0.1, 0.15) is 0 Å². The largest absolute Gasteiger partial charge is 0.490 e. The van der Waals surface area contributed by atoms with E-state index in [9.17, 15) is 4.79 Å². The molecule has 1 amide bonds. The summed E-state index contributed by atoms with van der Waals surface area (Å²) in [6, 6.07) is 13.3. The van der Waals surface area contributed by atoms with Gasteiger partial charge in [-0.25, -0.2) is 0 Å². The molecule has 2 N–H and O–H groups in total. The number of guanidine groups is 1. The van der Waals surface area contributed by atoms with Crippen LogP contribution in [0, 0.1) is 0 Å². The van der Waals surface area contributed by atoms with Crippen LogP contribution in [-0.4, -0.2) is 51.1 Å². The molecule has 2 aromatic rings. The van der Waals surface area contributed by atoms with Gasteiger partial charge >= 0.3 is 0 Å². The van der Waals surface area contributed by atoms with E-state index < -0.39 is 0 Å². The fraction of sp³-hybridized carbons (Fsp3) is 0.333. The lowest BCUT2D eigenvalue weighted by atomic mass is 10.1. The molecule has 0 bridgehead atoms. The highest BCUT2D eigenvalue weighted by molar-refractivity contribution is 5.94. The average Bonchev–Trinajstić information content (AvgIpc) is 2.95. The summed E-state index contributed by atoms with van der Waals surface area (Å²) < 4.78 is 11.4. The van der Waals surface area contributed by atoms with E-state index in [2.05, 4.69) is 15.6 Å². The zero-order chi connectivity index (χ0) is 19.9. The molecule has 0 fully saturated rings. The number of amides is 1. The summed E-state index contributed by atoms with van der Waals surface area (Å²) in [5, 5.41) is 6.53. The molecule has 28 heavy (non-hydrogen) atoms. The molecule has 148 valence electrons. The normalized spacial score (nSPS) is 13.5. The van der Waals surface area contributed by atoms with Gasteiger partial charge in [0.05, 0.1) is 13.2 Å². The second kappa shape index (κ2) is 9.12. The van der Waals surface area contributed by atoms with Gasteiger partial charge in [-0.05, 0) is 29.8 Å². The fourth-order valence-corrected chi connectivity index (χ4v) is 2.77. The Morgan fingerprint density at radius 1 is 1.07 bits per heavy atom. The Hall–Kier alpha value is -3.22. The van der Waals surface area contributed by atoms with E-state index in [1.165, 1.54) is 0 Å². The topological polar surface area (TPSA) is 75.2 Å². The Bertz CT molecular complexity index is 847. The highest BCUT2D eigenvalue weighted by Crippen LogP contribution is 2.32. The summed E-state index contributed by atoms with van der Waals surface area (Å²) in [7, 11) is 5.21. The number of anilines is 1. The maximum atomic E-state index is 12.0. The van der Waals surface area contributed by atoms with Gasteiger partial charge in [0, 0.05) is 51.4 Å². The Labute approximate surface area is 165 Å². The highest BCUT2D eigenvalue weighted by Gasteiger charge is 2.11. The number of benzene rings is 2. The van der Waals surface area contributed by atoms with Crippen LogP contribution in [-0.2, 0) is 6.54 Å². The van der Waals surface area contributed by atoms with Gasteiger partial charge in [0.25, 0.3) is 5.91 Å². The molecular weight excluding hydrogens is 356 g/mol. The number of nitrogens with zero attached hydrogens (tertiary/aromatic N) is 2. The van der Waals surface area contributed by atoms with Crippen LogP contribution in [0.4, 0.5) is 5.69 Å². The first-order valence-corrected chi connectivity index (χ1v) is 9.25. The number of carbonyl (C=O) groups excluding carboxylic acids is 1. The van der Waals surface area contributed by atoms with Crippen molar-refractivity contribution in [1.82, 2.24) is 10.2 Å². The number of aliphatic imine (C=N–C) groups is 1. The summed E-state index contributed by atoms with van der Waals surface area (Å²) in [4.78, 5) is 17.8. The quantitative estimate of drug-likeness (QED) is 0.628. The van der Waals surface area contributed by atoms with Crippen molar-refractivity contribution in [3.8, 4) is 11.5 Å². The number of hydrogen-bond donors (Lipinski definition) is 2. The Balaban J connectivity index is 1.59. The lowest BCUT2D eigenvalue weighted by molar-refractivity contribution is 0.0827. The van der Waals surface area contributed by atoms with Crippen molar-refractivity contribution in [3.05, 3.63) is 53.6 Å². The van der Waals surface area contributed by atoms with E-state index in [4.69, 9.17) is 9.47 Å². The molecular formula is C21H26N4O3. The lowest BCUT2D eigenvalue weighted by Gasteiger charge is -2.14. The van der Waals surface area contributed by atoms with Crippen LogP contribution in [0.5, 0.6) is 11.5 Å².